The third-order valence-electron chi connectivity index (χ3n) is 3.06. The van der Waals surface area contributed by atoms with E-state index in [1.165, 1.54) is 7.11 Å². The van der Waals surface area contributed by atoms with Crippen molar-refractivity contribution in [2.75, 3.05) is 25.5 Å². The Morgan fingerprint density at radius 2 is 2.00 bits per heavy atom. The van der Waals surface area contributed by atoms with E-state index in [9.17, 15) is 9.59 Å². The van der Waals surface area contributed by atoms with E-state index in [2.05, 4.69) is 10.1 Å². The van der Waals surface area contributed by atoms with Crippen LogP contribution in [-0.2, 0) is 14.3 Å². The number of anilines is 1. The Balaban J connectivity index is 2.50. The molecular weight excluding hydrogens is 292 g/mol. The summed E-state index contributed by atoms with van der Waals surface area (Å²) in [5, 5.41) is 3.26. The maximum absolute atomic E-state index is 11.9. The quantitative estimate of drug-likeness (QED) is 0.786. The Morgan fingerprint density at radius 1 is 1.33 bits per heavy atom. The van der Waals surface area contributed by atoms with Crippen molar-refractivity contribution in [2.45, 2.75) is 26.3 Å². The third kappa shape index (κ3) is 6.14. The molecule has 0 unspecified atom stereocenters. The molecule has 1 aromatic rings. The minimum Gasteiger partial charge on any atom is -0.468 e. The van der Waals surface area contributed by atoms with Gasteiger partial charge in [-0.05, 0) is 26.0 Å². The normalized spacial score (nSPS) is 10.8. The molecule has 1 rings (SSSR count). The molecular formula is C15H21ClN2O3. The zero-order valence-electron chi connectivity index (χ0n) is 12.6. The van der Waals surface area contributed by atoms with Gasteiger partial charge in [0.1, 0.15) is 0 Å². The van der Waals surface area contributed by atoms with Crippen LogP contribution >= 0.6 is 11.6 Å². The van der Waals surface area contributed by atoms with E-state index in [4.69, 9.17) is 11.6 Å². The lowest BCUT2D eigenvalue weighted by atomic mass is 10.2. The van der Waals surface area contributed by atoms with Gasteiger partial charge in [-0.2, -0.15) is 0 Å². The van der Waals surface area contributed by atoms with Crippen molar-refractivity contribution in [3.8, 4) is 0 Å². The first kappa shape index (κ1) is 17.5. The molecule has 1 amide bonds. The first-order valence-electron chi connectivity index (χ1n) is 6.79. The minimum absolute atomic E-state index is 0.140. The number of para-hydroxylation sites is 1. The van der Waals surface area contributed by atoms with E-state index in [-0.39, 0.29) is 30.9 Å². The number of hydrogen-bond acceptors (Lipinski definition) is 4. The van der Waals surface area contributed by atoms with E-state index < -0.39 is 0 Å². The average Bonchev–Trinajstić information content (AvgIpc) is 2.45. The number of amides is 1. The van der Waals surface area contributed by atoms with Crippen LogP contribution in [0.1, 0.15) is 20.3 Å². The second kappa shape index (κ2) is 8.64. The van der Waals surface area contributed by atoms with Crippen molar-refractivity contribution in [3.63, 3.8) is 0 Å². The number of carbonyl (C=O) groups excluding carboxylic acids is 2. The van der Waals surface area contributed by atoms with Gasteiger partial charge in [-0.25, -0.2) is 0 Å². The molecule has 1 aromatic carbocycles. The molecule has 0 atom stereocenters. The molecule has 0 radical (unpaired) electrons. The fourth-order valence-electron chi connectivity index (χ4n) is 1.77. The standard InChI is InChI=1S/C15H21ClN2O3/c1-11(2)18(10-15(20)21-3)9-8-14(19)17-13-7-5-4-6-12(13)16/h4-7,11H,8-10H2,1-3H3,(H,17,19). The Labute approximate surface area is 130 Å². The number of halogens is 1. The fourth-order valence-corrected chi connectivity index (χ4v) is 1.95. The molecule has 0 aliphatic heterocycles. The van der Waals surface area contributed by atoms with Crippen LogP contribution in [0.4, 0.5) is 5.69 Å². The van der Waals surface area contributed by atoms with Gasteiger partial charge in [0, 0.05) is 19.0 Å². The van der Waals surface area contributed by atoms with Crippen LogP contribution in [0.2, 0.25) is 5.02 Å². The van der Waals surface area contributed by atoms with Gasteiger partial charge in [-0.1, -0.05) is 23.7 Å². The van der Waals surface area contributed by atoms with Crippen molar-refractivity contribution >= 4 is 29.2 Å². The van der Waals surface area contributed by atoms with Gasteiger partial charge in [0.2, 0.25) is 5.91 Å². The number of nitrogens with zero attached hydrogens (tertiary/aromatic N) is 1. The van der Waals surface area contributed by atoms with Crippen LogP contribution in [-0.4, -0.2) is 43.0 Å². The van der Waals surface area contributed by atoms with Gasteiger partial charge < -0.3 is 10.1 Å². The van der Waals surface area contributed by atoms with Crippen LogP contribution < -0.4 is 5.32 Å². The highest BCUT2D eigenvalue weighted by Gasteiger charge is 2.16. The Bertz CT molecular complexity index is 492. The summed E-state index contributed by atoms with van der Waals surface area (Å²) in [6, 6.07) is 7.22. The van der Waals surface area contributed by atoms with Crippen molar-refractivity contribution in [1.29, 1.82) is 0 Å². The van der Waals surface area contributed by atoms with E-state index in [1.54, 1.807) is 24.3 Å². The van der Waals surface area contributed by atoms with Crippen LogP contribution in [0.25, 0.3) is 0 Å². The lowest BCUT2D eigenvalue weighted by molar-refractivity contribution is -0.142. The maximum atomic E-state index is 11.9. The molecule has 0 saturated heterocycles. The van der Waals surface area contributed by atoms with Gasteiger partial charge in [-0.3, -0.25) is 14.5 Å². The number of carbonyl (C=O) groups is 2. The summed E-state index contributed by atoms with van der Waals surface area (Å²) in [6.45, 7) is 4.58. The van der Waals surface area contributed by atoms with Crippen LogP contribution in [0.5, 0.6) is 0 Å². The molecule has 116 valence electrons. The highest BCUT2D eigenvalue weighted by atomic mass is 35.5. The molecule has 0 spiro atoms. The summed E-state index contributed by atoms with van der Waals surface area (Å²) in [6.07, 6.45) is 0.278. The molecule has 0 aliphatic rings. The second-order valence-corrected chi connectivity index (χ2v) is 5.33. The van der Waals surface area contributed by atoms with Gasteiger partial charge in [0.05, 0.1) is 24.4 Å². The highest BCUT2D eigenvalue weighted by molar-refractivity contribution is 6.33. The van der Waals surface area contributed by atoms with Crippen molar-refractivity contribution in [2.24, 2.45) is 0 Å². The number of rotatable bonds is 7. The number of ether oxygens (including phenoxy) is 1. The summed E-state index contributed by atoms with van der Waals surface area (Å²) < 4.78 is 4.65. The van der Waals surface area contributed by atoms with Crippen molar-refractivity contribution in [3.05, 3.63) is 29.3 Å². The second-order valence-electron chi connectivity index (χ2n) is 4.92. The predicted octanol–water partition coefficient (Wildman–Crippen LogP) is 2.55. The summed E-state index contributed by atoms with van der Waals surface area (Å²) in [5.41, 5.74) is 0.591. The van der Waals surface area contributed by atoms with E-state index in [0.29, 0.717) is 17.3 Å². The molecule has 1 N–H and O–H groups in total. The topological polar surface area (TPSA) is 58.6 Å². The molecule has 0 saturated carbocycles. The number of esters is 1. The van der Waals surface area contributed by atoms with Gasteiger partial charge in [0.15, 0.2) is 0 Å². The van der Waals surface area contributed by atoms with Crippen LogP contribution in [0.15, 0.2) is 24.3 Å². The van der Waals surface area contributed by atoms with E-state index in [1.807, 2.05) is 18.7 Å². The summed E-state index contributed by atoms with van der Waals surface area (Å²) in [5.74, 6) is -0.450. The largest absolute Gasteiger partial charge is 0.468 e. The monoisotopic (exact) mass is 312 g/mol. The summed E-state index contributed by atoms with van der Waals surface area (Å²) >= 11 is 5.98. The lowest BCUT2D eigenvalue weighted by Crippen LogP contribution is -2.38. The van der Waals surface area contributed by atoms with Crippen LogP contribution in [0, 0.1) is 0 Å². The molecule has 0 bridgehead atoms. The zero-order valence-corrected chi connectivity index (χ0v) is 13.3. The van der Waals surface area contributed by atoms with E-state index in [0.717, 1.165) is 0 Å². The van der Waals surface area contributed by atoms with Crippen LogP contribution in [0.3, 0.4) is 0 Å². The molecule has 21 heavy (non-hydrogen) atoms. The SMILES string of the molecule is COC(=O)CN(CCC(=O)Nc1ccccc1Cl)C(C)C. The molecule has 6 heteroatoms. The zero-order chi connectivity index (χ0) is 15.8. The first-order chi connectivity index (χ1) is 9.93. The smallest absolute Gasteiger partial charge is 0.319 e. The molecule has 0 fully saturated rings. The van der Waals surface area contributed by atoms with E-state index >= 15 is 0 Å². The summed E-state index contributed by atoms with van der Waals surface area (Å²) in [7, 11) is 1.35. The minimum atomic E-state index is -0.310. The lowest BCUT2D eigenvalue weighted by Gasteiger charge is -2.24. The molecule has 0 heterocycles. The first-order valence-corrected chi connectivity index (χ1v) is 7.17. The Kier molecular flexibility index (Phi) is 7.19. The Morgan fingerprint density at radius 3 is 2.57 bits per heavy atom. The van der Waals surface area contributed by atoms with Crippen molar-refractivity contribution < 1.29 is 14.3 Å². The average molecular weight is 313 g/mol. The third-order valence-corrected chi connectivity index (χ3v) is 3.39. The molecule has 5 nitrogen and oxygen atoms in total. The number of benzene rings is 1. The summed E-state index contributed by atoms with van der Waals surface area (Å²) in [4.78, 5) is 25.1. The number of methoxy groups -OCH3 is 1. The Hall–Kier alpha value is -1.59. The predicted molar refractivity (Wildman–Crippen MR) is 83.4 cm³/mol. The number of hydrogen-bond donors (Lipinski definition) is 1. The fraction of sp³-hybridized carbons (Fsp3) is 0.467. The van der Waals surface area contributed by atoms with Gasteiger partial charge in [-0.15, -0.1) is 0 Å². The maximum Gasteiger partial charge on any atom is 0.319 e. The van der Waals surface area contributed by atoms with Gasteiger partial charge >= 0.3 is 5.97 Å². The molecule has 0 aromatic heterocycles. The molecule has 0 aliphatic carbocycles. The van der Waals surface area contributed by atoms with Gasteiger partial charge in [0.25, 0.3) is 0 Å². The van der Waals surface area contributed by atoms with Crippen molar-refractivity contribution in [1.82, 2.24) is 4.90 Å². The number of nitrogens with one attached hydrogen (secondary N) is 1. The highest BCUT2D eigenvalue weighted by Crippen LogP contribution is 2.20.